The van der Waals surface area contributed by atoms with Crippen LogP contribution in [0.1, 0.15) is 19.3 Å². The van der Waals surface area contributed by atoms with Crippen LogP contribution in [0.3, 0.4) is 0 Å². The van der Waals surface area contributed by atoms with Gasteiger partial charge in [-0.1, -0.05) is 12.2 Å². The van der Waals surface area contributed by atoms with Crippen molar-refractivity contribution in [3.63, 3.8) is 0 Å². The third kappa shape index (κ3) is 5.67. The fourth-order valence-electron chi connectivity index (χ4n) is 1.24. The minimum absolute atomic E-state index is 0.0330. The molecule has 0 aliphatic heterocycles. The van der Waals surface area contributed by atoms with Crippen LogP contribution in [0.5, 0.6) is 0 Å². The van der Waals surface area contributed by atoms with E-state index < -0.39 is 23.3 Å². The van der Waals surface area contributed by atoms with Gasteiger partial charge in [-0.2, -0.15) is 0 Å². The summed E-state index contributed by atoms with van der Waals surface area (Å²) in [4.78, 5) is 32.9. The summed E-state index contributed by atoms with van der Waals surface area (Å²) in [6.07, 6.45) is 4.21. The third-order valence-electron chi connectivity index (χ3n) is 2.07. The predicted octanol–water partition coefficient (Wildman–Crippen LogP) is 1.54. The Balaban J connectivity index is 5.18. The first-order valence-corrected chi connectivity index (χ1v) is 5.54. The average molecular weight is 268 g/mol. The van der Waals surface area contributed by atoms with E-state index >= 15 is 0 Å². The summed E-state index contributed by atoms with van der Waals surface area (Å²) < 4.78 is 5.17. The maximum Gasteiger partial charge on any atom is 0.377 e. The van der Waals surface area contributed by atoms with E-state index in [1.807, 2.05) is 0 Å². The van der Waals surface area contributed by atoms with E-state index in [1.54, 1.807) is 6.08 Å². The number of allylic oxidation sites excluding steroid dienone is 2. The van der Waals surface area contributed by atoms with Gasteiger partial charge in [0.1, 0.15) is 5.76 Å². The van der Waals surface area contributed by atoms with Crippen LogP contribution in [0.2, 0.25) is 0 Å². The molecular weight excluding hydrogens is 252 g/mol. The van der Waals surface area contributed by atoms with Crippen LogP contribution in [0.25, 0.3) is 0 Å². The summed E-state index contributed by atoms with van der Waals surface area (Å²) in [5.41, 5.74) is -0.869. The van der Waals surface area contributed by atoms with Crippen molar-refractivity contribution >= 4 is 17.7 Å². The molecule has 0 saturated carbocycles. The predicted molar refractivity (Wildman–Crippen MR) is 67.5 cm³/mol. The minimum atomic E-state index is -1.84. The first-order chi connectivity index (χ1) is 8.95. The standard InChI is InChI=1S/C13H16O6/c1-3-5-6-8-19-9(7-4-2)10(12(15)16)11(14)13(17)18/h3-4H,1-2,5-8H2,(H,15,16)(H,17,18). The summed E-state index contributed by atoms with van der Waals surface area (Å²) >= 11 is 0. The van der Waals surface area contributed by atoms with Crippen molar-refractivity contribution in [2.75, 3.05) is 6.61 Å². The Kier molecular flexibility index (Phi) is 7.60. The van der Waals surface area contributed by atoms with Crippen LogP contribution in [0.15, 0.2) is 36.6 Å². The van der Waals surface area contributed by atoms with E-state index in [2.05, 4.69) is 13.2 Å². The number of hydrogen-bond acceptors (Lipinski definition) is 4. The van der Waals surface area contributed by atoms with E-state index in [-0.39, 0.29) is 18.8 Å². The fraction of sp³-hybridized carbons (Fsp3) is 0.308. The number of aliphatic carboxylic acids is 2. The highest BCUT2D eigenvalue weighted by atomic mass is 16.5. The van der Waals surface area contributed by atoms with Crippen molar-refractivity contribution in [3.8, 4) is 0 Å². The molecule has 19 heavy (non-hydrogen) atoms. The van der Waals surface area contributed by atoms with Crippen LogP contribution >= 0.6 is 0 Å². The van der Waals surface area contributed by atoms with E-state index in [4.69, 9.17) is 14.9 Å². The van der Waals surface area contributed by atoms with Gasteiger partial charge < -0.3 is 14.9 Å². The molecule has 0 radical (unpaired) electrons. The second kappa shape index (κ2) is 8.68. The highest BCUT2D eigenvalue weighted by molar-refractivity contribution is 6.45. The largest absolute Gasteiger partial charge is 0.497 e. The maximum absolute atomic E-state index is 11.3. The number of ketones is 1. The van der Waals surface area contributed by atoms with Gasteiger partial charge in [0, 0.05) is 6.42 Å². The summed E-state index contributed by atoms with van der Waals surface area (Å²) in [6, 6.07) is 0. The van der Waals surface area contributed by atoms with Gasteiger partial charge in [-0.25, -0.2) is 9.59 Å². The number of carbonyl (C=O) groups excluding carboxylic acids is 1. The van der Waals surface area contributed by atoms with E-state index in [9.17, 15) is 14.4 Å². The summed E-state index contributed by atoms with van der Waals surface area (Å²) in [5, 5.41) is 17.5. The summed E-state index contributed by atoms with van der Waals surface area (Å²) in [5.74, 6) is -5.17. The zero-order chi connectivity index (χ0) is 14.8. The molecule has 0 aromatic carbocycles. The lowest BCUT2D eigenvalue weighted by Gasteiger charge is -2.11. The quantitative estimate of drug-likeness (QED) is 0.118. The maximum atomic E-state index is 11.3. The Labute approximate surface area is 110 Å². The average Bonchev–Trinajstić information content (AvgIpc) is 2.34. The van der Waals surface area contributed by atoms with Crippen LogP contribution in [-0.2, 0) is 19.1 Å². The van der Waals surface area contributed by atoms with Crippen molar-refractivity contribution in [3.05, 3.63) is 36.6 Å². The highest BCUT2D eigenvalue weighted by Gasteiger charge is 2.28. The molecule has 2 N–H and O–H groups in total. The van der Waals surface area contributed by atoms with Crippen LogP contribution < -0.4 is 0 Å². The Morgan fingerprint density at radius 3 is 2.11 bits per heavy atom. The van der Waals surface area contributed by atoms with Gasteiger partial charge in [0.25, 0.3) is 5.78 Å². The first kappa shape index (κ1) is 16.6. The zero-order valence-corrected chi connectivity index (χ0v) is 10.4. The Bertz CT molecular complexity index is 419. The van der Waals surface area contributed by atoms with Crippen molar-refractivity contribution in [2.45, 2.75) is 19.3 Å². The molecule has 0 aromatic rings. The molecule has 0 heterocycles. The van der Waals surface area contributed by atoms with Gasteiger partial charge in [-0.15, -0.1) is 13.2 Å². The number of hydrogen-bond donors (Lipinski definition) is 2. The lowest BCUT2D eigenvalue weighted by atomic mass is 10.1. The number of carboxylic acids is 2. The van der Waals surface area contributed by atoms with Crippen LogP contribution in [0, 0.1) is 0 Å². The molecule has 0 aromatic heterocycles. The molecule has 104 valence electrons. The van der Waals surface area contributed by atoms with Gasteiger partial charge >= 0.3 is 11.9 Å². The number of unbranched alkanes of at least 4 members (excludes halogenated alkanes) is 1. The van der Waals surface area contributed by atoms with Gasteiger partial charge in [-0.3, -0.25) is 4.79 Å². The zero-order valence-electron chi connectivity index (χ0n) is 10.4. The molecule has 0 bridgehead atoms. The van der Waals surface area contributed by atoms with Gasteiger partial charge in [-0.05, 0) is 12.8 Å². The molecule has 6 heteroatoms. The summed E-state index contributed by atoms with van der Waals surface area (Å²) in [6.45, 7) is 7.09. The SMILES string of the molecule is C=CCCCOC(CC=C)=C(C(=O)O)C(=O)C(=O)O. The van der Waals surface area contributed by atoms with E-state index in [0.29, 0.717) is 12.8 Å². The van der Waals surface area contributed by atoms with Crippen molar-refractivity contribution < 1.29 is 29.3 Å². The molecule has 0 unspecified atom stereocenters. The van der Waals surface area contributed by atoms with Gasteiger partial charge in [0.05, 0.1) is 6.61 Å². The van der Waals surface area contributed by atoms with E-state index in [0.717, 1.165) is 0 Å². The number of carbonyl (C=O) groups is 3. The summed E-state index contributed by atoms with van der Waals surface area (Å²) in [7, 11) is 0. The minimum Gasteiger partial charge on any atom is -0.497 e. The molecule has 6 nitrogen and oxygen atoms in total. The molecule has 0 fully saturated rings. The number of ether oxygens (including phenoxy) is 1. The van der Waals surface area contributed by atoms with Crippen molar-refractivity contribution in [1.82, 2.24) is 0 Å². The monoisotopic (exact) mass is 268 g/mol. The molecule has 0 spiro atoms. The number of carboxylic acid groups (broad SMARTS) is 2. The Morgan fingerprint density at radius 1 is 1.05 bits per heavy atom. The molecule has 0 aliphatic carbocycles. The third-order valence-corrected chi connectivity index (χ3v) is 2.07. The smallest absolute Gasteiger partial charge is 0.377 e. The van der Waals surface area contributed by atoms with E-state index in [1.165, 1.54) is 6.08 Å². The molecular formula is C13H16O6. The fourth-order valence-corrected chi connectivity index (χ4v) is 1.24. The molecule has 0 rings (SSSR count). The second-order valence-corrected chi connectivity index (χ2v) is 3.51. The topological polar surface area (TPSA) is 101 Å². The van der Waals surface area contributed by atoms with Gasteiger partial charge in [0.2, 0.25) is 0 Å². The lowest BCUT2D eigenvalue weighted by molar-refractivity contribution is -0.149. The number of rotatable bonds is 10. The lowest BCUT2D eigenvalue weighted by Crippen LogP contribution is -2.23. The number of Topliss-reactive ketones (excluding diaryl/α,β-unsaturated/α-hetero) is 1. The molecule has 0 amide bonds. The van der Waals surface area contributed by atoms with Crippen molar-refractivity contribution in [2.24, 2.45) is 0 Å². The second-order valence-electron chi connectivity index (χ2n) is 3.51. The molecule has 0 atom stereocenters. The Hall–Kier alpha value is -2.37. The molecule has 0 aliphatic rings. The first-order valence-electron chi connectivity index (χ1n) is 5.54. The Morgan fingerprint density at radius 2 is 1.68 bits per heavy atom. The van der Waals surface area contributed by atoms with Crippen molar-refractivity contribution in [1.29, 1.82) is 0 Å². The molecule has 0 saturated heterocycles. The van der Waals surface area contributed by atoms with Gasteiger partial charge in [0.15, 0.2) is 5.57 Å². The normalized spacial score (nSPS) is 11.2. The van der Waals surface area contributed by atoms with Crippen LogP contribution in [0.4, 0.5) is 0 Å². The van der Waals surface area contributed by atoms with Crippen LogP contribution in [-0.4, -0.2) is 34.5 Å². The highest BCUT2D eigenvalue weighted by Crippen LogP contribution is 2.14.